The summed E-state index contributed by atoms with van der Waals surface area (Å²) in [5, 5.41) is 12.0. The highest BCUT2D eigenvalue weighted by Crippen LogP contribution is 2.79. The van der Waals surface area contributed by atoms with Gasteiger partial charge in [0.25, 0.3) is 0 Å². The molecule has 0 saturated carbocycles. The molecule has 4 heteroatoms. The van der Waals surface area contributed by atoms with E-state index in [2.05, 4.69) is 161 Å². The minimum Gasteiger partial charge on any atom is -0.309 e. The minimum absolute atomic E-state index is 0.661. The quantitative estimate of drug-likeness (QED) is 0.196. The summed E-state index contributed by atoms with van der Waals surface area (Å²) in [5.41, 5.74) is 7.47. The second kappa shape index (κ2) is 10.9. The fraction of sp³-hybridized carbons (Fsp3) is 0.0465. The first kappa shape index (κ1) is 27.5. The Bertz CT molecular complexity index is 2380. The van der Waals surface area contributed by atoms with E-state index >= 15 is 0 Å². The molecule has 1 aliphatic carbocycles. The number of para-hydroxylation sites is 3. The van der Waals surface area contributed by atoms with Crippen molar-refractivity contribution in [1.29, 1.82) is 5.26 Å². The number of allylic oxidation sites excluding steroid dienone is 3. The molecule has 0 unspecified atom stereocenters. The summed E-state index contributed by atoms with van der Waals surface area (Å²) in [6, 6.07) is 54.8. The van der Waals surface area contributed by atoms with Crippen LogP contribution in [0, 0.1) is 11.3 Å². The fourth-order valence-electron chi connectivity index (χ4n) is 7.49. The number of nitrogens with zero attached hydrogens (tertiary/aromatic N) is 3. The van der Waals surface area contributed by atoms with Gasteiger partial charge >= 0.3 is 0 Å². The highest BCUT2D eigenvalue weighted by Gasteiger charge is 2.43. The number of aromatic nitrogens is 1. The van der Waals surface area contributed by atoms with Crippen molar-refractivity contribution < 1.29 is 0 Å². The largest absolute Gasteiger partial charge is 0.309 e. The van der Waals surface area contributed by atoms with Crippen LogP contribution < -0.4 is 4.90 Å². The van der Waals surface area contributed by atoms with Crippen LogP contribution >= 0.6 is 10.0 Å². The van der Waals surface area contributed by atoms with Crippen molar-refractivity contribution in [3.8, 4) is 11.8 Å². The lowest BCUT2D eigenvalue weighted by Gasteiger charge is -2.50. The Kier molecular flexibility index (Phi) is 6.41. The van der Waals surface area contributed by atoms with Crippen molar-refractivity contribution in [2.45, 2.75) is 27.5 Å². The average Bonchev–Trinajstić information content (AvgIpc) is 3.47. The summed E-state index contributed by atoms with van der Waals surface area (Å²) < 4.78 is 2.31. The molecule has 6 aromatic carbocycles. The van der Waals surface area contributed by atoms with Crippen molar-refractivity contribution >= 4 is 48.9 Å². The summed E-state index contributed by atoms with van der Waals surface area (Å²) in [7, 11) is -1.76. The number of benzene rings is 6. The molecule has 224 valence electrons. The predicted octanol–water partition coefficient (Wildman–Crippen LogP) is 12.0. The first-order chi connectivity index (χ1) is 23.3. The molecule has 0 spiro atoms. The Morgan fingerprint density at radius 3 is 1.85 bits per heavy atom. The average molecular weight is 622 g/mol. The van der Waals surface area contributed by atoms with Gasteiger partial charge in [-0.3, -0.25) is 0 Å². The fourth-order valence-corrected chi connectivity index (χ4v) is 11.8. The Morgan fingerprint density at radius 2 is 1.19 bits per heavy atom. The van der Waals surface area contributed by atoms with Crippen LogP contribution in [0.1, 0.15) is 18.4 Å². The van der Waals surface area contributed by atoms with Crippen molar-refractivity contribution in [2.75, 3.05) is 4.90 Å². The standard InChI is InChI=1S/C43H31N3S/c44-30-31-24-26-38-36(28-31)37-29-33(25-27-39(37)45(38)32-14-4-1-5-15-32)46-40-20-10-12-22-42(40)47(34-16-6-2-7-17-34,35-18-8-3-9-19-35)43-23-13-11-21-41(43)46/h1-2,4-8,10-29H,3,9H2. The first-order valence-corrected chi connectivity index (χ1v) is 17.7. The predicted molar refractivity (Wildman–Crippen MR) is 195 cm³/mol. The molecule has 2 heterocycles. The van der Waals surface area contributed by atoms with Gasteiger partial charge in [0.15, 0.2) is 0 Å². The van der Waals surface area contributed by atoms with Crippen LogP contribution in [0.4, 0.5) is 17.1 Å². The Morgan fingerprint density at radius 1 is 0.574 bits per heavy atom. The molecule has 0 radical (unpaired) electrons. The maximum Gasteiger partial charge on any atom is 0.0991 e. The minimum atomic E-state index is -1.76. The van der Waals surface area contributed by atoms with Gasteiger partial charge in [-0.2, -0.15) is 5.26 Å². The number of rotatable bonds is 4. The van der Waals surface area contributed by atoms with E-state index in [9.17, 15) is 5.26 Å². The molecular weight excluding hydrogens is 591 g/mol. The Hall–Kier alpha value is -5.76. The summed E-state index contributed by atoms with van der Waals surface area (Å²) in [6.45, 7) is 0. The zero-order chi connectivity index (χ0) is 31.4. The molecular formula is C43H31N3S. The van der Waals surface area contributed by atoms with Crippen molar-refractivity contribution in [2.24, 2.45) is 0 Å². The molecule has 0 bridgehead atoms. The third-order valence-electron chi connectivity index (χ3n) is 9.43. The summed E-state index contributed by atoms with van der Waals surface area (Å²) in [4.78, 5) is 7.90. The van der Waals surface area contributed by atoms with E-state index in [0.29, 0.717) is 5.56 Å². The number of nitriles is 1. The lowest BCUT2D eigenvalue weighted by Crippen LogP contribution is -2.22. The van der Waals surface area contributed by atoms with Crippen LogP contribution in [-0.4, -0.2) is 4.57 Å². The van der Waals surface area contributed by atoms with Gasteiger partial charge in [0.2, 0.25) is 0 Å². The third kappa shape index (κ3) is 4.07. The van der Waals surface area contributed by atoms with Crippen LogP contribution in [0.3, 0.4) is 0 Å². The maximum absolute atomic E-state index is 9.85. The second-order valence-corrected chi connectivity index (χ2v) is 15.0. The lowest BCUT2D eigenvalue weighted by atomic mass is 10.1. The summed E-state index contributed by atoms with van der Waals surface area (Å²) in [5.74, 6) is 0. The van der Waals surface area contributed by atoms with Crippen molar-refractivity contribution in [1.82, 2.24) is 4.57 Å². The maximum atomic E-state index is 9.85. The normalized spacial score (nSPS) is 15.5. The van der Waals surface area contributed by atoms with E-state index in [0.717, 1.165) is 46.0 Å². The highest BCUT2D eigenvalue weighted by molar-refractivity contribution is 8.37. The molecule has 0 saturated heterocycles. The zero-order valence-electron chi connectivity index (χ0n) is 25.8. The van der Waals surface area contributed by atoms with Crippen LogP contribution in [0.5, 0.6) is 0 Å². The van der Waals surface area contributed by atoms with Gasteiger partial charge in [-0.05, 0) is 103 Å². The van der Waals surface area contributed by atoms with Gasteiger partial charge in [-0.15, -0.1) is 10.0 Å². The number of hydrogen-bond donors (Lipinski definition) is 0. The van der Waals surface area contributed by atoms with Gasteiger partial charge in [-0.1, -0.05) is 78.9 Å². The molecule has 0 atom stereocenters. The van der Waals surface area contributed by atoms with E-state index in [-0.39, 0.29) is 0 Å². The molecule has 0 amide bonds. The molecule has 2 aliphatic rings. The monoisotopic (exact) mass is 621 g/mol. The van der Waals surface area contributed by atoms with Crippen LogP contribution in [0.15, 0.2) is 183 Å². The van der Waals surface area contributed by atoms with E-state index in [1.54, 1.807) is 0 Å². The molecule has 0 fully saturated rings. The molecule has 3 nitrogen and oxygen atoms in total. The molecule has 7 aromatic rings. The van der Waals surface area contributed by atoms with Crippen LogP contribution in [0.2, 0.25) is 0 Å². The van der Waals surface area contributed by atoms with E-state index in [1.165, 1.54) is 31.0 Å². The molecule has 1 aliphatic heterocycles. The van der Waals surface area contributed by atoms with Crippen LogP contribution in [0.25, 0.3) is 27.5 Å². The third-order valence-corrected chi connectivity index (χ3v) is 13.4. The summed E-state index contributed by atoms with van der Waals surface area (Å²) in [6.07, 6.45) is 9.33. The number of anilines is 3. The van der Waals surface area contributed by atoms with Gasteiger partial charge in [0, 0.05) is 36.8 Å². The lowest BCUT2D eigenvalue weighted by molar-refractivity contribution is 1.03. The van der Waals surface area contributed by atoms with Gasteiger partial charge in [0.1, 0.15) is 0 Å². The van der Waals surface area contributed by atoms with E-state index in [4.69, 9.17) is 0 Å². The van der Waals surface area contributed by atoms with Gasteiger partial charge in [-0.25, -0.2) is 0 Å². The van der Waals surface area contributed by atoms with E-state index in [1.807, 2.05) is 18.2 Å². The number of fused-ring (bicyclic) bond motifs is 5. The SMILES string of the molecule is N#Cc1ccc2c(c1)c1cc(N3c4ccccc4S(C4=CCCC=C4)(c4ccccc4)c4ccccc43)ccc1n2-c1ccccc1. The molecule has 0 N–H and O–H groups in total. The first-order valence-electron chi connectivity index (χ1n) is 16.1. The topological polar surface area (TPSA) is 32.0 Å². The van der Waals surface area contributed by atoms with Crippen LogP contribution in [-0.2, 0) is 0 Å². The highest BCUT2D eigenvalue weighted by atomic mass is 32.3. The molecule has 47 heavy (non-hydrogen) atoms. The number of hydrogen-bond acceptors (Lipinski definition) is 2. The zero-order valence-corrected chi connectivity index (χ0v) is 26.6. The summed E-state index contributed by atoms with van der Waals surface area (Å²) >= 11 is 0. The van der Waals surface area contributed by atoms with Gasteiger partial charge < -0.3 is 9.47 Å². The molecule has 1 aromatic heterocycles. The Balaban J connectivity index is 1.34. The Labute approximate surface area is 276 Å². The second-order valence-electron chi connectivity index (χ2n) is 12.0. The molecule has 9 rings (SSSR count). The van der Waals surface area contributed by atoms with Crippen molar-refractivity contribution in [3.63, 3.8) is 0 Å². The van der Waals surface area contributed by atoms with Crippen molar-refractivity contribution in [3.05, 3.63) is 174 Å². The smallest absolute Gasteiger partial charge is 0.0991 e. The van der Waals surface area contributed by atoms with Gasteiger partial charge in [0.05, 0.1) is 34.0 Å². The van der Waals surface area contributed by atoms with E-state index < -0.39 is 10.0 Å².